The molecule has 0 N–H and O–H groups in total. The lowest BCUT2D eigenvalue weighted by atomic mass is 10.00. The third-order valence-electron chi connectivity index (χ3n) is 4.99. The Hall–Kier alpha value is -2.12. The maximum atomic E-state index is 5.48. The first-order chi connectivity index (χ1) is 12.7. The summed E-state index contributed by atoms with van der Waals surface area (Å²) in [7, 11) is 0. The van der Waals surface area contributed by atoms with Crippen LogP contribution in [0.3, 0.4) is 0 Å². The third kappa shape index (κ3) is 4.16. The van der Waals surface area contributed by atoms with Crippen LogP contribution in [0.25, 0.3) is 0 Å². The van der Waals surface area contributed by atoms with Crippen LogP contribution in [0.4, 0.5) is 0 Å². The molecule has 0 saturated carbocycles. The summed E-state index contributed by atoms with van der Waals surface area (Å²) in [5, 5.41) is 3.99. The lowest BCUT2D eigenvalue weighted by Crippen LogP contribution is -2.47. The van der Waals surface area contributed by atoms with Gasteiger partial charge in [0.1, 0.15) is 0 Å². The first kappa shape index (κ1) is 17.3. The SMILES string of the molecule is Cc1nc(CN2CCN(C[C@@H](C)Cc3ccc4c(c3)OCO4)CC2)no1. The summed E-state index contributed by atoms with van der Waals surface area (Å²) in [6.07, 6.45) is 1.05. The number of hydrogen-bond acceptors (Lipinski definition) is 7. The van der Waals surface area contributed by atoms with Crippen molar-refractivity contribution < 1.29 is 14.0 Å². The largest absolute Gasteiger partial charge is 0.454 e. The van der Waals surface area contributed by atoms with Gasteiger partial charge in [0.2, 0.25) is 12.7 Å². The summed E-state index contributed by atoms with van der Waals surface area (Å²) in [6.45, 7) is 10.6. The molecule has 0 radical (unpaired) electrons. The molecule has 0 aliphatic carbocycles. The molecule has 2 aromatic rings. The molecule has 0 bridgehead atoms. The molecule has 1 saturated heterocycles. The molecular formula is C19H26N4O3. The Labute approximate surface area is 153 Å². The number of fused-ring (bicyclic) bond motifs is 1. The fourth-order valence-corrected chi connectivity index (χ4v) is 3.71. The van der Waals surface area contributed by atoms with Crippen LogP contribution in [-0.2, 0) is 13.0 Å². The van der Waals surface area contributed by atoms with E-state index >= 15 is 0 Å². The van der Waals surface area contributed by atoms with Gasteiger partial charge in [0.25, 0.3) is 0 Å². The summed E-state index contributed by atoms with van der Waals surface area (Å²) in [6, 6.07) is 6.28. The predicted octanol–water partition coefficient (Wildman–Crippen LogP) is 2.10. The van der Waals surface area contributed by atoms with Gasteiger partial charge in [0.05, 0.1) is 6.54 Å². The van der Waals surface area contributed by atoms with Crippen LogP contribution in [0.5, 0.6) is 11.5 Å². The van der Waals surface area contributed by atoms with Crippen LogP contribution in [0.1, 0.15) is 24.2 Å². The van der Waals surface area contributed by atoms with Gasteiger partial charge in [-0.25, -0.2) is 0 Å². The molecule has 4 rings (SSSR count). The van der Waals surface area contributed by atoms with Crippen molar-refractivity contribution in [2.24, 2.45) is 5.92 Å². The normalized spacial score (nSPS) is 19.0. The Kier molecular flexibility index (Phi) is 5.08. The van der Waals surface area contributed by atoms with Gasteiger partial charge in [-0.3, -0.25) is 4.90 Å². The maximum Gasteiger partial charge on any atom is 0.231 e. The summed E-state index contributed by atoms with van der Waals surface area (Å²) >= 11 is 0. The van der Waals surface area contributed by atoms with Gasteiger partial charge >= 0.3 is 0 Å². The topological polar surface area (TPSA) is 63.9 Å². The van der Waals surface area contributed by atoms with Gasteiger partial charge < -0.3 is 18.9 Å². The van der Waals surface area contributed by atoms with Crippen molar-refractivity contribution in [2.45, 2.75) is 26.8 Å². The molecule has 0 spiro atoms. The summed E-state index contributed by atoms with van der Waals surface area (Å²) in [5.41, 5.74) is 1.31. The Morgan fingerprint density at radius 2 is 1.85 bits per heavy atom. The highest BCUT2D eigenvalue weighted by molar-refractivity contribution is 5.44. The van der Waals surface area contributed by atoms with Crippen molar-refractivity contribution in [3.63, 3.8) is 0 Å². The van der Waals surface area contributed by atoms with E-state index < -0.39 is 0 Å². The molecule has 2 aliphatic heterocycles. The maximum absolute atomic E-state index is 5.48. The molecule has 140 valence electrons. The highest BCUT2D eigenvalue weighted by atomic mass is 16.7. The molecule has 0 unspecified atom stereocenters. The first-order valence-corrected chi connectivity index (χ1v) is 9.28. The van der Waals surface area contributed by atoms with E-state index in [1.807, 2.05) is 13.0 Å². The van der Waals surface area contributed by atoms with Crippen LogP contribution in [0.15, 0.2) is 22.7 Å². The van der Waals surface area contributed by atoms with Gasteiger partial charge in [-0.05, 0) is 30.0 Å². The van der Waals surface area contributed by atoms with Crippen molar-refractivity contribution in [3.8, 4) is 11.5 Å². The molecule has 7 nitrogen and oxygen atoms in total. The molecule has 1 aromatic heterocycles. The number of nitrogens with zero attached hydrogens (tertiary/aromatic N) is 4. The number of ether oxygens (including phenoxy) is 2. The Balaban J connectivity index is 1.22. The molecule has 1 aromatic carbocycles. The molecule has 1 fully saturated rings. The fourth-order valence-electron chi connectivity index (χ4n) is 3.71. The highest BCUT2D eigenvalue weighted by Gasteiger charge is 2.21. The van der Waals surface area contributed by atoms with E-state index in [4.69, 9.17) is 14.0 Å². The number of aromatic nitrogens is 2. The molecular weight excluding hydrogens is 332 g/mol. The van der Waals surface area contributed by atoms with Gasteiger partial charge in [-0.1, -0.05) is 18.1 Å². The Bertz CT molecular complexity index is 740. The predicted molar refractivity (Wildman–Crippen MR) is 96.2 cm³/mol. The standard InChI is InChI=1S/C19H26N4O3/c1-14(9-16-3-4-17-18(10-16)25-13-24-17)11-22-5-7-23(8-6-22)12-19-20-15(2)26-21-19/h3-4,10,14H,5-9,11-13H2,1-2H3/t14-/m0/s1. The summed E-state index contributed by atoms with van der Waals surface area (Å²) in [4.78, 5) is 9.23. The minimum atomic E-state index is 0.335. The first-order valence-electron chi connectivity index (χ1n) is 9.28. The van der Waals surface area contributed by atoms with E-state index in [1.54, 1.807) is 0 Å². The van der Waals surface area contributed by atoms with E-state index in [0.717, 1.165) is 63.0 Å². The van der Waals surface area contributed by atoms with Gasteiger partial charge in [0.15, 0.2) is 17.3 Å². The van der Waals surface area contributed by atoms with Crippen molar-refractivity contribution >= 4 is 0 Å². The Morgan fingerprint density at radius 1 is 1.08 bits per heavy atom. The molecule has 1 atom stereocenters. The van der Waals surface area contributed by atoms with Crippen LogP contribution >= 0.6 is 0 Å². The molecule has 3 heterocycles. The summed E-state index contributed by atoms with van der Waals surface area (Å²) in [5.74, 6) is 3.75. The van der Waals surface area contributed by atoms with Gasteiger partial charge in [-0.2, -0.15) is 4.98 Å². The number of rotatable bonds is 6. The van der Waals surface area contributed by atoms with Crippen LogP contribution < -0.4 is 9.47 Å². The molecule has 7 heteroatoms. The number of hydrogen-bond donors (Lipinski definition) is 0. The van der Waals surface area contributed by atoms with E-state index in [0.29, 0.717) is 18.6 Å². The van der Waals surface area contributed by atoms with E-state index in [-0.39, 0.29) is 0 Å². The molecule has 2 aliphatic rings. The van der Waals surface area contributed by atoms with Gasteiger partial charge in [0, 0.05) is 39.6 Å². The number of benzene rings is 1. The highest BCUT2D eigenvalue weighted by Crippen LogP contribution is 2.33. The molecule has 26 heavy (non-hydrogen) atoms. The second-order valence-corrected chi connectivity index (χ2v) is 7.30. The monoisotopic (exact) mass is 358 g/mol. The minimum absolute atomic E-state index is 0.335. The van der Waals surface area contributed by atoms with Crippen molar-refractivity contribution in [1.29, 1.82) is 0 Å². The summed E-state index contributed by atoms with van der Waals surface area (Å²) < 4.78 is 15.9. The van der Waals surface area contributed by atoms with Gasteiger partial charge in [-0.15, -0.1) is 0 Å². The fraction of sp³-hybridized carbons (Fsp3) is 0.579. The third-order valence-corrected chi connectivity index (χ3v) is 4.99. The van der Waals surface area contributed by atoms with Crippen molar-refractivity contribution in [3.05, 3.63) is 35.5 Å². The lowest BCUT2D eigenvalue weighted by molar-refractivity contribution is 0.112. The van der Waals surface area contributed by atoms with E-state index in [9.17, 15) is 0 Å². The zero-order valence-corrected chi connectivity index (χ0v) is 15.5. The average molecular weight is 358 g/mol. The number of piperazine rings is 1. The molecule has 0 amide bonds. The van der Waals surface area contributed by atoms with Crippen molar-refractivity contribution in [2.75, 3.05) is 39.5 Å². The van der Waals surface area contributed by atoms with Crippen molar-refractivity contribution in [1.82, 2.24) is 19.9 Å². The quantitative estimate of drug-likeness (QED) is 0.783. The van der Waals surface area contributed by atoms with Crippen LogP contribution in [-0.4, -0.2) is 59.5 Å². The van der Waals surface area contributed by atoms with E-state index in [1.165, 1.54) is 5.56 Å². The smallest absolute Gasteiger partial charge is 0.231 e. The Morgan fingerprint density at radius 3 is 2.62 bits per heavy atom. The van der Waals surface area contributed by atoms with Crippen LogP contribution in [0.2, 0.25) is 0 Å². The average Bonchev–Trinajstić information content (AvgIpc) is 3.25. The zero-order chi connectivity index (χ0) is 17.9. The second kappa shape index (κ2) is 7.63. The number of aryl methyl sites for hydroxylation is 1. The van der Waals surface area contributed by atoms with E-state index in [2.05, 4.69) is 39.0 Å². The van der Waals surface area contributed by atoms with Crippen LogP contribution in [0, 0.1) is 12.8 Å². The lowest BCUT2D eigenvalue weighted by Gasteiger charge is -2.35. The zero-order valence-electron chi connectivity index (χ0n) is 15.5. The second-order valence-electron chi connectivity index (χ2n) is 7.30. The minimum Gasteiger partial charge on any atom is -0.454 e.